The Kier molecular flexibility index (Phi) is 6.95. The van der Waals surface area contributed by atoms with Gasteiger partial charge in [0.05, 0.1) is 45.8 Å². The number of aromatic nitrogens is 7. The molecule has 2 N–H and O–H groups in total. The fourth-order valence-corrected chi connectivity index (χ4v) is 5.30. The Bertz CT molecular complexity index is 1680. The Morgan fingerprint density at radius 1 is 1.10 bits per heavy atom. The number of nitrogens with zero attached hydrogens (tertiary/aromatic N) is 8. The van der Waals surface area contributed by atoms with Crippen LogP contribution in [-0.4, -0.2) is 84.4 Å². The van der Waals surface area contributed by atoms with Gasteiger partial charge in [0.2, 0.25) is 0 Å². The quantitative estimate of drug-likeness (QED) is 0.307. The van der Waals surface area contributed by atoms with Crippen LogP contribution in [0.4, 0.5) is 11.5 Å². The van der Waals surface area contributed by atoms with Crippen molar-refractivity contribution >= 4 is 33.8 Å². The lowest BCUT2D eigenvalue weighted by molar-refractivity contribution is 0.0432. The summed E-state index contributed by atoms with van der Waals surface area (Å²) < 4.78 is 10.9. The van der Waals surface area contributed by atoms with Gasteiger partial charge < -0.3 is 20.3 Å². The maximum atomic E-state index is 12.9. The highest BCUT2D eigenvalue weighted by Gasteiger charge is 2.19. The molecule has 0 atom stereocenters. The Balaban J connectivity index is 1.20. The first-order valence-electron chi connectivity index (χ1n) is 13.5. The zero-order valence-electron chi connectivity index (χ0n) is 23.3. The van der Waals surface area contributed by atoms with E-state index in [1.54, 1.807) is 17.1 Å². The molecule has 1 aliphatic rings. The molecule has 5 aromatic rings. The molecule has 1 saturated heterocycles. The second-order valence-corrected chi connectivity index (χ2v) is 10.4. The van der Waals surface area contributed by atoms with Gasteiger partial charge in [-0.3, -0.25) is 19.1 Å². The number of anilines is 2. The van der Waals surface area contributed by atoms with Crippen LogP contribution >= 0.6 is 0 Å². The molecule has 40 heavy (non-hydrogen) atoms. The minimum Gasteiger partial charge on any atom is -0.381 e. The maximum Gasteiger partial charge on any atom is 0.252 e. The molecule has 12 nitrogen and oxygen atoms in total. The first-order valence-corrected chi connectivity index (χ1v) is 13.5. The van der Waals surface area contributed by atoms with Gasteiger partial charge in [0.15, 0.2) is 5.82 Å². The number of carbonyl (C=O) groups excluding carboxylic acids is 1. The molecular formula is C28H34N10O2. The summed E-state index contributed by atoms with van der Waals surface area (Å²) >= 11 is 0. The number of likely N-dealkylation sites (N-methyl/N-ethyl adjacent to an activating group) is 1. The molecule has 6 rings (SSSR count). The van der Waals surface area contributed by atoms with E-state index >= 15 is 0 Å². The van der Waals surface area contributed by atoms with Crippen molar-refractivity contribution in [2.24, 2.45) is 14.1 Å². The average molecular weight is 543 g/mol. The van der Waals surface area contributed by atoms with Gasteiger partial charge in [-0.05, 0) is 38.9 Å². The lowest BCUT2D eigenvalue weighted by Crippen LogP contribution is -2.41. The van der Waals surface area contributed by atoms with E-state index in [4.69, 9.17) is 9.84 Å². The predicted octanol–water partition coefficient (Wildman–Crippen LogP) is 2.91. The van der Waals surface area contributed by atoms with Crippen molar-refractivity contribution in [3.8, 4) is 11.1 Å². The van der Waals surface area contributed by atoms with Gasteiger partial charge in [0.1, 0.15) is 0 Å². The molecule has 0 unspecified atom stereocenters. The Labute approximate surface area is 231 Å². The molecule has 12 heteroatoms. The minimum absolute atomic E-state index is 0.152. The van der Waals surface area contributed by atoms with E-state index in [0.717, 1.165) is 71.5 Å². The highest BCUT2D eigenvalue weighted by atomic mass is 16.5. The molecule has 6 heterocycles. The van der Waals surface area contributed by atoms with Gasteiger partial charge in [-0.25, -0.2) is 4.52 Å². The van der Waals surface area contributed by atoms with Crippen LogP contribution in [0.25, 0.3) is 27.5 Å². The highest BCUT2D eigenvalue weighted by molar-refractivity contribution is 6.01. The van der Waals surface area contributed by atoms with Crippen LogP contribution in [0.2, 0.25) is 0 Å². The van der Waals surface area contributed by atoms with Crippen molar-refractivity contribution < 1.29 is 9.53 Å². The summed E-state index contributed by atoms with van der Waals surface area (Å²) in [7, 11) is 5.92. The molecule has 0 aromatic carbocycles. The first-order chi connectivity index (χ1) is 19.4. The molecular weight excluding hydrogens is 508 g/mol. The normalized spacial score (nSPS) is 14.4. The van der Waals surface area contributed by atoms with E-state index in [1.165, 1.54) is 0 Å². The summed E-state index contributed by atoms with van der Waals surface area (Å²) in [4.78, 5) is 19.7. The molecule has 0 radical (unpaired) electrons. The summed E-state index contributed by atoms with van der Waals surface area (Å²) in [5, 5.41) is 21.0. The summed E-state index contributed by atoms with van der Waals surface area (Å²) in [5.41, 5.74) is 5.92. The van der Waals surface area contributed by atoms with Gasteiger partial charge in [-0.15, -0.1) is 0 Å². The summed E-state index contributed by atoms with van der Waals surface area (Å²) in [6.07, 6.45) is 11.3. The van der Waals surface area contributed by atoms with Crippen molar-refractivity contribution in [1.29, 1.82) is 0 Å². The lowest BCUT2D eigenvalue weighted by atomic mass is 10.1. The second-order valence-electron chi connectivity index (χ2n) is 10.4. The number of nitrogens with one attached hydrogen (secondary N) is 2. The smallest absolute Gasteiger partial charge is 0.252 e. The Morgan fingerprint density at radius 3 is 2.70 bits per heavy atom. The van der Waals surface area contributed by atoms with Gasteiger partial charge in [-0.2, -0.15) is 15.3 Å². The maximum absolute atomic E-state index is 12.9. The van der Waals surface area contributed by atoms with Gasteiger partial charge in [-0.1, -0.05) is 0 Å². The number of ether oxygens (including phenoxy) is 1. The second kappa shape index (κ2) is 10.7. The molecule has 1 fully saturated rings. The summed E-state index contributed by atoms with van der Waals surface area (Å²) in [6, 6.07) is 4.42. The van der Waals surface area contributed by atoms with Crippen molar-refractivity contribution in [3.05, 3.63) is 54.4 Å². The molecule has 1 aliphatic heterocycles. The van der Waals surface area contributed by atoms with Crippen LogP contribution in [0.1, 0.15) is 28.9 Å². The molecule has 0 saturated carbocycles. The Hall–Kier alpha value is -4.29. The average Bonchev–Trinajstić information content (AvgIpc) is 3.67. The van der Waals surface area contributed by atoms with Crippen molar-refractivity contribution in [2.45, 2.75) is 25.8 Å². The van der Waals surface area contributed by atoms with Crippen LogP contribution in [0, 0.1) is 6.92 Å². The number of carbonyl (C=O) groups is 1. The fraction of sp³-hybridized carbons (Fsp3) is 0.393. The zero-order chi connectivity index (χ0) is 27.8. The standard InChI is InChI=1S/C28H34N10O2/c1-18-24(11-19(13-30-18)28(39)29-7-8-35(2)22-5-9-40-10-6-22)33-27-23-15-32-38-17-20(21-14-31-36(3)16-21)12-25(38)26(23)37(4)34-27/h11-17,22H,5-10H2,1-4H3,(H,29,39)(H,33,34). The molecule has 5 aromatic heterocycles. The van der Waals surface area contributed by atoms with E-state index in [1.807, 2.05) is 54.9 Å². The molecule has 1 amide bonds. The predicted molar refractivity (Wildman–Crippen MR) is 153 cm³/mol. The first kappa shape index (κ1) is 26.0. The SMILES string of the molecule is Cc1ncc(C(=O)NCCN(C)C2CCOCC2)cc1Nc1nn(C)c2c1cnn1cc(-c3cnn(C)c3)cc21. The number of aryl methyl sites for hydroxylation is 3. The fourth-order valence-electron chi connectivity index (χ4n) is 5.30. The van der Waals surface area contributed by atoms with Crippen LogP contribution in [0.5, 0.6) is 0 Å². The van der Waals surface area contributed by atoms with Gasteiger partial charge in [0, 0.05) is 76.2 Å². The number of hydrogen-bond acceptors (Lipinski definition) is 8. The lowest BCUT2D eigenvalue weighted by Gasteiger charge is -2.31. The topological polar surface area (TPSA) is 119 Å². The number of hydrogen-bond donors (Lipinski definition) is 2. The molecule has 208 valence electrons. The van der Waals surface area contributed by atoms with E-state index in [0.29, 0.717) is 24.0 Å². The van der Waals surface area contributed by atoms with E-state index in [2.05, 4.69) is 43.8 Å². The third-order valence-corrected chi connectivity index (χ3v) is 7.64. The third kappa shape index (κ3) is 5.03. The van der Waals surface area contributed by atoms with Crippen LogP contribution in [0.15, 0.2) is 43.1 Å². The number of fused-ring (bicyclic) bond motifs is 3. The number of rotatable bonds is 8. The zero-order valence-corrected chi connectivity index (χ0v) is 23.3. The van der Waals surface area contributed by atoms with E-state index in [-0.39, 0.29) is 5.91 Å². The van der Waals surface area contributed by atoms with Crippen molar-refractivity contribution in [2.75, 3.05) is 38.7 Å². The largest absolute Gasteiger partial charge is 0.381 e. The molecule has 0 spiro atoms. The van der Waals surface area contributed by atoms with Crippen LogP contribution < -0.4 is 10.6 Å². The van der Waals surface area contributed by atoms with Crippen molar-refractivity contribution in [3.63, 3.8) is 0 Å². The minimum atomic E-state index is -0.152. The summed E-state index contributed by atoms with van der Waals surface area (Å²) in [5.74, 6) is 0.499. The number of amides is 1. The molecule has 0 aliphatic carbocycles. The highest BCUT2D eigenvalue weighted by Crippen LogP contribution is 2.31. The van der Waals surface area contributed by atoms with Crippen molar-refractivity contribution in [1.82, 2.24) is 44.4 Å². The van der Waals surface area contributed by atoms with Gasteiger partial charge in [0.25, 0.3) is 5.91 Å². The van der Waals surface area contributed by atoms with E-state index < -0.39 is 0 Å². The van der Waals surface area contributed by atoms with Crippen LogP contribution in [0.3, 0.4) is 0 Å². The van der Waals surface area contributed by atoms with Crippen LogP contribution in [-0.2, 0) is 18.8 Å². The molecule has 0 bridgehead atoms. The van der Waals surface area contributed by atoms with Gasteiger partial charge >= 0.3 is 0 Å². The third-order valence-electron chi connectivity index (χ3n) is 7.64. The number of pyridine rings is 1. The monoisotopic (exact) mass is 542 g/mol. The summed E-state index contributed by atoms with van der Waals surface area (Å²) in [6.45, 7) is 4.85. The van der Waals surface area contributed by atoms with E-state index in [9.17, 15) is 4.79 Å². The Morgan fingerprint density at radius 2 is 1.93 bits per heavy atom.